The molecule has 8 aromatic carbocycles. The average molecular weight is 560 g/mol. The summed E-state index contributed by atoms with van der Waals surface area (Å²) >= 11 is 0. The first kappa shape index (κ1) is 23.7. The minimum absolute atomic E-state index is 0.903. The molecule has 10 aromatic rings. The molecule has 2 nitrogen and oxygen atoms in total. The van der Waals surface area contributed by atoms with Gasteiger partial charge in [0, 0.05) is 27.1 Å². The third-order valence-electron chi connectivity index (χ3n) is 9.38. The Labute approximate surface area is 253 Å². The van der Waals surface area contributed by atoms with Crippen LogP contribution >= 0.6 is 0 Å². The van der Waals surface area contributed by atoms with Gasteiger partial charge in [0.15, 0.2) is 0 Å². The molecule has 0 aliphatic rings. The van der Waals surface area contributed by atoms with Gasteiger partial charge in [0.25, 0.3) is 0 Å². The SMILES string of the molecule is c1ccc2c(c1)oc1c(-c3ccc4c5ccccc5c5ccccc5c4c3)c(-n3c4ccccc4c4ccccc43)ccc12. The molecule has 204 valence electrons. The quantitative estimate of drug-likeness (QED) is 0.193. The monoisotopic (exact) mass is 559 g/mol. The summed E-state index contributed by atoms with van der Waals surface area (Å²) < 4.78 is 9.17. The number of aromatic nitrogens is 1. The fraction of sp³-hybridized carbons (Fsp3) is 0. The maximum atomic E-state index is 6.76. The average Bonchev–Trinajstić information content (AvgIpc) is 3.64. The summed E-state index contributed by atoms with van der Waals surface area (Å²) in [5.74, 6) is 0. The Morgan fingerprint density at radius 2 is 0.841 bits per heavy atom. The van der Waals surface area contributed by atoms with Gasteiger partial charge in [-0.2, -0.15) is 0 Å². The van der Waals surface area contributed by atoms with E-state index in [0.717, 1.165) is 38.8 Å². The van der Waals surface area contributed by atoms with Gasteiger partial charge < -0.3 is 8.98 Å². The van der Waals surface area contributed by atoms with Crippen molar-refractivity contribution in [2.75, 3.05) is 0 Å². The molecule has 0 radical (unpaired) electrons. The number of para-hydroxylation sites is 3. The zero-order valence-electron chi connectivity index (χ0n) is 23.8. The molecule has 0 atom stereocenters. The Morgan fingerprint density at radius 1 is 0.364 bits per heavy atom. The second-order valence-electron chi connectivity index (χ2n) is 11.7. The number of rotatable bonds is 2. The predicted octanol–water partition coefficient (Wildman–Crippen LogP) is 11.8. The first-order chi connectivity index (χ1) is 21.8. The summed E-state index contributed by atoms with van der Waals surface area (Å²) in [5.41, 5.74) is 7.53. The highest BCUT2D eigenvalue weighted by atomic mass is 16.3. The fourth-order valence-corrected chi connectivity index (χ4v) is 7.49. The molecule has 44 heavy (non-hydrogen) atoms. The van der Waals surface area contributed by atoms with Gasteiger partial charge in [0.1, 0.15) is 11.2 Å². The van der Waals surface area contributed by atoms with Crippen LogP contribution in [0.3, 0.4) is 0 Å². The second kappa shape index (κ2) is 8.82. The van der Waals surface area contributed by atoms with Crippen molar-refractivity contribution in [2.24, 2.45) is 0 Å². The number of benzene rings is 8. The summed E-state index contributed by atoms with van der Waals surface area (Å²) in [5, 5.41) is 12.4. The van der Waals surface area contributed by atoms with Crippen molar-refractivity contribution >= 4 is 76.1 Å². The lowest BCUT2D eigenvalue weighted by Gasteiger charge is -2.16. The highest BCUT2D eigenvalue weighted by Crippen LogP contribution is 2.44. The van der Waals surface area contributed by atoms with Gasteiger partial charge >= 0.3 is 0 Å². The third kappa shape index (κ3) is 3.14. The highest BCUT2D eigenvalue weighted by Gasteiger charge is 2.21. The lowest BCUT2D eigenvalue weighted by Crippen LogP contribution is -1.98. The molecule has 2 aromatic heterocycles. The van der Waals surface area contributed by atoms with Crippen molar-refractivity contribution in [3.8, 4) is 16.8 Å². The molecule has 2 heteroatoms. The molecule has 0 amide bonds. The van der Waals surface area contributed by atoms with E-state index in [1.54, 1.807) is 0 Å². The Kier molecular flexibility index (Phi) is 4.75. The van der Waals surface area contributed by atoms with E-state index >= 15 is 0 Å². The number of hydrogen-bond acceptors (Lipinski definition) is 1. The summed E-state index contributed by atoms with van der Waals surface area (Å²) in [6.45, 7) is 0. The van der Waals surface area contributed by atoms with E-state index in [2.05, 4.69) is 150 Å². The molecule has 0 N–H and O–H groups in total. The molecule has 2 heterocycles. The number of furan rings is 1. The molecule has 0 unspecified atom stereocenters. The van der Waals surface area contributed by atoms with Crippen LogP contribution in [0.4, 0.5) is 0 Å². The van der Waals surface area contributed by atoms with E-state index in [4.69, 9.17) is 4.42 Å². The first-order valence-corrected chi connectivity index (χ1v) is 15.1. The topological polar surface area (TPSA) is 18.1 Å². The van der Waals surface area contributed by atoms with Gasteiger partial charge in [-0.05, 0) is 74.3 Å². The number of fused-ring (bicyclic) bond motifs is 12. The maximum Gasteiger partial charge on any atom is 0.145 e. The standard InChI is InChI=1S/C42H25NO/c1-2-13-29-27(11-1)28-12-3-4-14-30(28)36-25-26(21-22-31(29)36)41-39(24-23-35-34-17-7-10-20-40(34)44-42(35)41)43-37-18-8-5-15-32(37)33-16-6-9-19-38(33)43/h1-25H. The zero-order chi connectivity index (χ0) is 28.8. The Balaban J connectivity index is 1.39. The molecule has 0 spiro atoms. The van der Waals surface area contributed by atoms with Gasteiger partial charge in [0.05, 0.1) is 16.7 Å². The largest absolute Gasteiger partial charge is 0.455 e. The van der Waals surface area contributed by atoms with Crippen LogP contribution in [0.2, 0.25) is 0 Å². The van der Waals surface area contributed by atoms with Crippen molar-refractivity contribution in [1.29, 1.82) is 0 Å². The normalized spacial score (nSPS) is 12.1. The van der Waals surface area contributed by atoms with Crippen LogP contribution in [0.1, 0.15) is 0 Å². The van der Waals surface area contributed by atoms with Gasteiger partial charge in [-0.3, -0.25) is 0 Å². The predicted molar refractivity (Wildman–Crippen MR) is 186 cm³/mol. The first-order valence-electron chi connectivity index (χ1n) is 15.1. The van der Waals surface area contributed by atoms with E-state index in [1.807, 2.05) is 6.07 Å². The van der Waals surface area contributed by atoms with E-state index in [1.165, 1.54) is 54.1 Å². The molecule has 10 rings (SSSR count). The Bertz CT molecular complexity index is 2690. The molecular formula is C42H25NO. The molecular weight excluding hydrogens is 534 g/mol. The number of hydrogen-bond donors (Lipinski definition) is 0. The summed E-state index contributed by atoms with van der Waals surface area (Å²) in [6.07, 6.45) is 0. The molecule has 0 saturated heterocycles. The van der Waals surface area contributed by atoms with Gasteiger partial charge in [-0.15, -0.1) is 0 Å². The van der Waals surface area contributed by atoms with Crippen LogP contribution in [-0.2, 0) is 0 Å². The van der Waals surface area contributed by atoms with Gasteiger partial charge in [0.2, 0.25) is 0 Å². The molecule has 0 aliphatic carbocycles. The summed E-state index contributed by atoms with van der Waals surface area (Å²) in [4.78, 5) is 0. The second-order valence-corrected chi connectivity index (χ2v) is 11.7. The van der Waals surface area contributed by atoms with Gasteiger partial charge in [-0.25, -0.2) is 0 Å². The fourth-order valence-electron chi connectivity index (χ4n) is 7.49. The van der Waals surface area contributed by atoms with Crippen LogP contribution < -0.4 is 0 Å². The number of nitrogens with zero attached hydrogens (tertiary/aromatic N) is 1. The lowest BCUT2D eigenvalue weighted by molar-refractivity contribution is 0.670. The smallest absolute Gasteiger partial charge is 0.145 e. The van der Waals surface area contributed by atoms with Crippen molar-refractivity contribution in [1.82, 2.24) is 4.57 Å². The van der Waals surface area contributed by atoms with E-state index < -0.39 is 0 Å². The molecule has 0 saturated carbocycles. The van der Waals surface area contributed by atoms with Crippen LogP contribution in [0.5, 0.6) is 0 Å². The van der Waals surface area contributed by atoms with Crippen LogP contribution in [0.25, 0.3) is 92.9 Å². The maximum absolute atomic E-state index is 6.76. The van der Waals surface area contributed by atoms with Crippen LogP contribution in [0.15, 0.2) is 156 Å². The van der Waals surface area contributed by atoms with E-state index in [9.17, 15) is 0 Å². The highest BCUT2D eigenvalue weighted by molar-refractivity contribution is 6.26. The third-order valence-corrected chi connectivity index (χ3v) is 9.38. The van der Waals surface area contributed by atoms with E-state index in [-0.39, 0.29) is 0 Å². The minimum atomic E-state index is 0.903. The lowest BCUT2D eigenvalue weighted by atomic mass is 9.91. The van der Waals surface area contributed by atoms with Crippen LogP contribution in [-0.4, -0.2) is 4.57 Å². The summed E-state index contributed by atoms with van der Waals surface area (Å²) in [6, 6.07) is 54.8. The zero-order valence-corrected chi connectivity index (χ0v) is 23.8. The minimum Gasteiger partial charge on any atom is -0.455 e. The molecule has 0 fully saturated rings. The van der Waals surface area contributed by atoms with Crippen molar-refractivity contribution in [2.45, 2.75) is 0 Å². The van der Waals surface area contributed by atoms with Crippen molar-refractivity contribution < 1.29 is 4.42 Å². The van der Waals surface area contributed by atoms with Gasteiger partial charge in [-0.1, -0.05) is 115 Å². The Hall–Kier alpha value is -5.86. The summed E-state index contributed by atoms with van der Waals surface area (Å²) in [7, 11) is 0. The van der Waals surface area contributed by atoms with Crippen molar-refractivity contribution in [3.05, 3.63) is 152 Å². The van der Waals surface area contributed by atoms with Crippen molar-refractivity contribution in [3.63, 3.8) is 0 Å². The van der Waals surface area contributed by atoms with Crippen LogP contribution in [0, 0.1) is 0 Å². The molecule has 0 bridgehead atoms. The molecule has 0 aliphatic heterocycles. The van der Waals surface area contributed by atoms with E-state index in [0.29, 0.717) is 0 Å². The Morgan fingerprint density at radius 3 is 1.48 bits per heavy atom.